The Hall–Kier alpha value is -1.73. The van der Waals surface area contributed by atoms with Gasteiger partial charge in [-0.25, -0.2) is 4.79 Å². The molecule has 1 aliphatic rings. The molecule has 26 heavy (non-hydrogen) atoms. The predicted molar refractivity (Wildman–Crippen MR) is 102 cm³/mol. The summed E-state index contributed by atoms with van der Waals surface area (Å²) in [5.41, 5.74) is 1.43. The van der Waals surface area contributed by atoms with Crippen molar-refractivity contribution in [3.05, 3.63) is 23.8 Å². The third-order valence-corrected chi connectivity index (χ3v) is 5.24. The summed E-state index contributed by atoms with van der Waals surface area (Å²) in [4.78, 5) is 12.0. The van der Waals surface area contributed by atoms with E-state index in [0.717, 1.165) is 23.2 Å². The summed E-state index contributed by atoms with van der Waals surface area (Å²) in [6, 6.07) is 5.93. The van der Waals surface area contributed by atoms with Crippen molar-refractivity contribution in [1.82, 2.24) is 4.90 Å². The second-order valence-corrected chi connectivity index (χ2v) is 7.71. The number of nitrogens with zero attached hydrogens (tertiary/aromatic N) is 1. The highest BCUT2D eigenvalue weighted by atomic mass is 16.7. The average molecular weight is 363 g/mol. The number of carbonyl (C=O) groups is 1. The zero-order chi connectivity index (χ0) is 19.5. The highest BCUT2D eigenvalue weighted by Gasteiger charge is 2.52. The molecular formula is C19H30BNO5. The van der Waals surface area contributed by atoms with E-state index in [-0.39, 0.29) is 18.3 Å². The molecule has 1 aliphatic heterocycles. The van der Waals surface area contributed by atoms with Gasteiger partial charge in [-0.3, -0.25) is 0 Å². The van der Waals surface area contributed by atoms with Crippen molar-refractivity contribution in [1.29, 1.82) is 0 Å². The maximum atomic E-state index is 10.8. The van der Waals surface area contributed by atoms with E-state index in [1.54, 1.807) is 7.05 Å². The Labute approximate surface area is 156 Å². The Morgan fingerprint density at radius 2 is 1.85 bits per heavy atom. The van der Waals surface area contributed by atoms with Gasteiger partial charge in [-0.15, -0.1) is 0 Å². The average Bonchev–Trinajstić information content (AvgIpc) is 2.78. The van der Waals surface area contributed by atoms with Crippen LogP contribution in [0.25, 0.3) is 0 Å². The Kier molecular flexibility index (Phi) is 6.24. The third kappa shape index (κ3) is 4.51. The molecule has 1 fully saturated rings. The second-order valence-electron chi connectivity index (χ2n) is 7.71. The molecule has 1 amide bonds. The van der Waals surface area contributed by atoms with Crippen LogP contribution in [0.2, 0.25) is 0 Å². The molecule has 2 rings (SSSR count). The van der Waals surface area contributed by atoms with Gasteiger partial charge >= 0.3 is 13.2 Å². The van der Waals surface area contributed by atoms with Gasteiger partial charge in [0.1, 0.15) is 5.75 Å². The molecule has 0 saturated carbocycles. The van der Waals surface area contributed by atoms with E-state index in [2.05, 4.69) is 6.92 Å². The van der Waals surface area contributed by atoms with E-state index < -0.39 is 6.09 Å². The van der Waals surface area contributed by atoms with E-state index in [4.69, 9.17) is 19.2 Å². The first-order valence-electron chi connectivity index (χ1n) is 9.12. The van der Waals surface area contributed by atoms with Crippen molar-refractivity contribution in [2.45, 2.75) is 58.7 Å². The van der Waals surface area contributed by atoms with Gasteiger partial charge in [-0.2, -0.15) is 0 Å². The van der Waals surface area contributed by atoms with E-state index in [9.17, 15) is 4.79 Å². The summed E-state index contributed by atoms with van der Waals surface area (Å²) in [6.45, 7) is 11.2. The van der Waals surface area contributed by atoms with Crippen LogP contribution < -0.4 is 10.2 Å². The number of aryl methyl sites for hydroxylation is 1. The number of carboxylic acid groups (broad SMARTS) is 1. The molecule has 0 aromatic heterocycles. The van der Waals surface area contributed by atoms with Crippen LogP contribution in [0.4, 0.5) is 4.79 Å². The minimum Gasteiger partial charge on any atom is -0.494 e. The van der Waals surface area contributed by atoms with Gasteiger partial charge in [-0.05, 0) is 63.7 Å². The van der Waals surface area contributed by atoms with Gasteiger partial charge in [0.15, 0.2) is 0 Å². The molecule has 0 unspecified atom stereocenters. The summed E-state index contributed by atoms with van der Waals surface area (Å²) in [6.07, 6.45) is 0.562. The van der Waals surface area contributed by atoms with Gasteiger partial charge in [-0.1, -0.05) is 13.0 Å². The highest BCUT2D eigenvalue weighted by Crippen LogP contribution is 2.36. The molecule has 0 spiro atoms. The lowest BCUT2D eigenvalue weighted by Gasteiger charge is -2.32. The van der Waals surface area contributed by atoms with E-state index in [1.807, 2.05) is 45.9 Å². The van der Waals surface area contributed by atoms with E-state index >= 15 is 0 Å². The fourth-order valence-corrected chi connectivity index (χ4v) is 2.77. The molecule has 1 aromatic carbocycles. The van der Waals surface area contributed by atoms with Gasteiger partial charge in [0.2, 0.25) is 0 Å². The normalized spacial score (nSPS) is 18.0. The standard InChI is InChI=1S/C19H30BNO5/c1-7-14-13-15(24-12-8-11-21(6)17(22)23)9-10-16(14)20-25-18(2,3)19(4,5)26-20/h9-10,13H,7-8,11-12H2,1-6H3,(H,22,23). The Morgan fingerprint density at radius 3 is 2.38 bits per heavy atom. The van der Waals surface area contributed by atoms with Crippen molar-refractivity contribution >= 4 is 18.7 Å². The summed E-state index contributed by atoms with van der Waals surface area (Å²) >= 11 is 0. The number of benzene rings is 1. The Bertz CT molecular complexity index is 631. The maximum absolute atomic E-state index is 10.8. The topological polar surface area (TPSA) is 68.2 Å². The van der Waals surface area contributed by atoms with Crippen molar-refractivity contribution in [3.63, 3.8) is 0 Å². The lowest BCUT2D eigenvalue weighted by atomic mass is 9.75. The molecule has 7 heteroatoms. The van der Waals surface area contributed by atoms with Gasteiger partial charge in [0.25, 0.3) is 0 Å². The smallest absolute Gasteiger partial charge is 0.494 e. The third-order valence-electron chi connectivity index (χ3n) is 5.24. The Morgan fingerprint density at radius 1 is 1.23 bits per heavy atom. The number of hydrogen-bond acceptors (Lipinski definition) is 4. The van der Waals surface area contributed by atoms with Crippen LogP contribution in [0.1, 0.15) is 46.6 Å². The van der Waals surface area contributed by atoms with Crippen molar-refractivity contribution in [3.8, 4) is 5.75 Å². The monoisotopic (exact) mass is 363 g/mol. The Balaban J connectivity index is 2.01. The van der Waals surface area contributed by atoms with Crippen LogP contribution >= 0.6 is 0 Å². The van der Waals surface area contributed by atoms with Crippen LogP contribution in [0.3, 0.4) is 0 Å². The quantitative estimate of drug-likeness (QED) is 0.596. The van der Waals surface area contributed by atoms with Gasteiger partial charge in [0.05, 0.1) is 17.8 Å². The molecule has 1 saturated heterocycles. The number of hydrogen-bond donors (Lipinski definition) is 1. The van der Waals surface area contributed by atoms with Crippen LogP contribution in [-0.4, -0.2) is 54.6 Å². The van der Waals surface area contributed by atoms with Crippen molar-refractivity contribution in [2.24, 2.45) is 0 Å². The summed E-state index contributed by atoms with van der Waals surface area (Å²) in [5, 5.41) is 8.84. The molecule has 0 bridgehead atoms. The molecule has 1 aromatic rings. The molecule has 144 valence electrons. The zero-order valence-corrected chi connectivity index (χ0v) is 16.7. The molecule has 0 aliphatic carbocycles. The van der Waals surface area contributed by atoms with Crippen LogP contribution in [0, 0.1) is 0 Å². The summed E-state index contributed by atoms with van der Waals surface area (Å²) in [7, 11) is 1.17. The lowest BCUT2D eigenvalue weighted by Crippen LogP contribution is -2.41. The molecule has 0 atom stereocenters. The van der Waals surface area contributed by atoms with E-state index in [0.29, 0.717) is 19.6 Å². The minimum absolute atomic E-state index is 0.367. The van der Waals surface area contributed by atoms with E-state index in [1.165, 1.54) is 4.90 Å². The summed E-state index contributed by atoms with van der Waals surface area (Å²) < 4.78 is 18.1. The molecule has 0 radical (unpaired) electrons. The van der Waals surface area contributed by atoms with Gasteiger partial charge < -0.3 is 24.1 Å². The largest absolute Gasteiger partial charge is 0.495 e. The maximum Gasteiger partial charge on any atom is 0.495 e. The predicted octanol–water partition coefficient (Wildman–Crippen LogP) is 2.93. The second kappa shape index (κ2) is 7.88. The first-order chi connectivity index (χ1) is 12.1. The fourth-order valence-electron chi connectivity index (χ4n) is 2.77. The molecule has 1 heterocycles. The summed E-state index contributed by atoms with van der Waals surface area (Å²) in [5.74, 6) is 0.778. The highest BCUT2D eigenvalue weighted by molar-refractivity contribution is 6.62. The first kappa shape index (κ1) is 20.6. The SMILES string of the molecule is CCc1cc(OCCCN(C)C(=O)O)ccc1B1OC(C)(C)C(C)(C)O1. The van der Waals surface area contributed by atoms with Crippen LogP contribution in [0.5, 0.6) is 5.75 Å². The van der Waals surface area contributed by atoms with Crippen molar-refractivity contribution in [2.75, 3.05) is 20.2 Å². The number of rotatable bonds is 7. The number of amides is 1. The van der Waals surface area contributed by atoms with Crippen LogP contribution in [0.15, 0.2) is 18.2 Å². The first-order valence-corrected chi connectivity index (χ1v) is 9.12. The molecular weight excluding hydrogens is 333 g/mol. The number of ether oxygens (including phenoxy) is 1. The zero-order valence-electron chi connectivity index (χ0n) is 16.7. The lowest BCUT2D eigenvalue weighted by molar-refractivity contribution is 0.00578. The van der Waals surface area contributed by atoms with Crippen LogP contribution in [-0.2, 0) is 15.7 Å². The van der Waals surface area contributed by atoms with Crippen molar-refractivity contribution < 1.29 is 23.9 Å². The molecule has 1 N–H and O–H groups in total. The fraction of sp³-hybridized carbons (Fsp3) is 0.632. The minimum atomic E-state index is -0.926. The molecule has 6 nitrogen and oxygen atoms in total. The van der Waals surface area contributed by atoms with Gasteiger partial charge in [0, 0.05) is 13.6 Å².